The zero-order chi connectivity index (χ0) is 11.9. The van der Waals surface area contributed by atoms with Crippen molar-refractivity contribution in [3.8, 4) is 0 Å². The van der Waals surface area contributed by atoms with Crippen molar-refractivity contribution in [2.24, 2.45) is 0 Å². The molecule has 2 rings (SSSR count). The Hall–Kier alpha value is -1.08. The number of likely N-dealkylation sites (N-methyl/N-ethyl adjacent to an activating group) is 1. The van der Waals surface area contributed by atoms with Gasteiger partial charge in [-0.3, -0.25) is 4.79 Å². The molecule has 1 aromatic heterocycles. The summed E-state index contributed by atoms with van der Waals surface area (Å²) in [6, 6.07) is 1.08. The average Bonchev–Trinajstić information content (AvgIpc) is 2.81. The van der Waals surface area contributed by atoms with Gasteiger partial charge in [0.15, 0.2) is 0 Å². The third-order valence-electron chi connectivity index (χ3n) is 2.56. The molecule has 1 fully saturated rings. The molecule has 0 spiro atoms. The molecule has 0 aromatic carbocycles. The normalized spacial score (nSPS) is 21.1. The van der Waals surface area contributed by atoms with Crippen molar-refractivity contribution in [1.82, 2.24) is 9.27 Å². The summed E-state index contributed by atoms with van der Waals surface area (Å²) in [5, 5.41) is 1.42. The monoisotopic (exact) mass is 257 g/mol. The highest BCUT2D eigenvalue weighted by Gasteiger charge is 2.42. The molecule has 86 valence electrons. The number of thioether (sulfide) groups is 1. The molecule has 16 heavy (non-hydrogen) atoms. The lowest BCUT2D eigenvalue weighted by Crippen LogP contribution is -2.30. The van der Waals surface area contributed by atoms with Crippen molar-refractivity contribution >= 4 is 40.2 Å². The van der Waals surface area contributed by atoms with Gasteiger partial charge in [0, 0.05) is 13.1 Å². The van der Waals surface area contributed by atoms with E-state index in [1.165, 1.54) is 33.1 Å². The summed E-state index contributed by atoms with van der Waals surface area (Å²) in [4.78, 5) is 26.3. The maximum Gasteiger partial charge on any atom is 0.332 e. The van der Waals surface area contributed by atoms with Crippen molar-refractivity contribution in [3.05, 3.63) is 6.07 Å². The predicted octanol–water partition coefficient (Wildman–Crippen LogP) is 1.65. The SMILES string of the molecule is CSc1cc(N2C(=O)C(C)N(C)C2=O)sn1. The molecular weight excluding hydrogens is 246 g/mol. The fourth-order valence-electron chi connectivity index (χ4n) is 1.42. The topological polar surface area (TPSA) is 53.5 Å². The molecule has 1 aromatic rings. The zero-order valence-corrected chi connectivity index (χ0v) is 10.8. The first-order valence-corrected chi connectivity index (χ1v) is 6.67. The van der Waals surface area contributed by atoms with Gasteiger partial charge >= 0.3 is 6.03 Å². The van der Waals surface area contributed by atoms with Gasteiger partial charge in [-0.1, -0.05) is 0 Å². The number of carbonyl (C=O) groups is 2. The first-order valence-electron chi connectivity index (χ1n) is 4.67. The van der Waals surface area contributed by atoms with E-state index in [4.69, 9.17) is 0 Å². The second kappa shape index (κ2) is 4.06. The van der Waals surface area contributed by atoms with Gasteiger partial charge in [-0.25, -0.2) is 9.69 Å². The summed E-state index contributed by atoms with van der Waals surface area (Å²) in [5.74, 6) is -0.191. The van der Waals surface area contributed by atoms with Crippen LogP contribution in [0.4, 0.5) is 9.80 Å². The van der Waals surface area contributed by atoms with Crippen LogP contribution in [0.5, 0.6) is 0 Å². The minimum absolute atomic E-state index is 0.191. The van der Waals surface area contributed by atoms with E-state index in [0.29, 0.717) is 5.00 Å². The van der Waals surface area contributed by atoms with Gasteiger partial charge in [-0.15, -0.1) is 11.8 Å². The molecule has 2 heterocycles. The highest BCUT2D eigenvalue weighted by atomic mass is 32.2. The minimum atomic E-state index is -0.396. The Bertz CT molecular complexity index is 426. The van der Waals surface area contributed by atoms with Crippen LogP contribution in [-0.2, 0) is 4.79 Å². The van der Waals surface area contributed by atoms with Gasteiger partial charge in [0.1, 0.15) is 16.1 Å². The van der Waals surface area contributed by atoms with Crippen molar-refractivity contribution in [3.63, 3.8) is 0 Å². The molecule has 1 atom stereocenters. The Labute approximate surface area is 102 Å². The third kappa shape index (κ3) is 1.60. The van der Waals surface area contributed by atoms with Crippen molar-refractivity contribution < 1.29 is 9.59 Å². The van der Waals surface area contributed by atoms with E-state index >= 15 is 0 Å². The molecule has 1 aliphatic rings. The second-order valence-corrected chi connectivity index (χ2v) is 5.06. The largest absolute Gasteiger partial charge is 0.332 e. The molecule has 3 amide bonds. The summed E-state index contributed by atoms with van der Waals surface area (Å²) in [7, 11) is 1.63. The van der Waals surface area contributed by atoms with Gasteiger partial charge in [-0.05, 0) is 24.7 Å². The summed E-state index contributed by atoms with van der Waals surface area (Å²) < 4.78 is 4.14. The average molecular weight is 257 g/mol. The number of aromatic nitrogens is 1. The number of imide groups is 1. The van der Waals surface area contributed by atoms with Crippen LogP contribution in [0.15, 0.2) is 11.1 Å². The highest BCUT2D eigenvalue weighted by molar-refractivity contribution is 7.98. The maximum atomic E-state index is 11.9. The summed E-state index contributed by atoms with van der Waals surface area (Å²) in [6.45, 7) is 1.72. The molecule has 0 saturated carbocycles. The van der Waals surface area contributed by atoms with Crippen LogP contribution in [-0.4, -0.2) is 40.6 Å². The van der Waals surface area contributed by atoms with E-state index in [2.05, 4.69) is 4.37 Å². The van der Waals surface area contributed by atoms with E-state index in [1.54, 1.807) is 20.0 Å². The summed E-state index contributed by atoms with van der Waals surface area (Å²) >= 11 is 2.66. The van der Waals surface area contributed by atoms with Crippen LogP contribution in [0, 0.1) is 0 Å². The predicted molar refractivity (Wildman–Crippen MR) is 64.0 cm³/mol. The van der Waals surface area contributed by atoms with E-state index < -0.39 is 6.04 Å². The van der Waals surface area contributed by atoms with Crippen molar-refractivity contribution in [2.45, 2.75) is 18.0 Å². The van der Waals surface area contributed by atoms with Crippen LogP contribution in [0.2, 0.25) is 0 Å². The Morgan fingerprint density at radius 1 is 1.50 bits per heavy atom. The van der Waals surface area contributed by atoms with Gasteiger partial charge in [0.25, 0.3) is 5.91 Å². The molecule has 0 bridgehead atoms. The van der Waals surface area contributed by atoms with Gasteiger partial charge in [0.2, 0.25) is 0 Å². The van der Waals surface area contributed by atoms with Gasteiger partial charge in [0.05, 0.1) is 0 Å². The standard InChI is InChI=1S/C9H11N3O2S2/c1-5-8(13)12(9(14)11(5)2)7-4-6(15-3)10-16-7/h4-5H,1-3H3. The second-order valence-electron chi connectivity index (χ2n) is 3.45. The number of rotatable bonds is 2. The molecule has 5 nitrogen and oxygen atoms in total. The molecule has 7 heteroatoms. The van der Waals surface area contributed by atoms with E-state index in [-0.39, 0.29) is 11.9 Å². The lowest BCUT2D eigenvalue weighted by atomic mass is 10.3. The zero-order valence-electron chi connectivity index (χ0n) is 9.13. The van der Waals surface area contributed by atoms with Gasteiger partial charge < -0.3 is 4.90 Å². The molecule has 0 N–H and O–H groups in total. The van der Waals surface area contributed by atoms with Crippen LogP contribution in [0.25, 0.3) is 0 Å². The smallest absolute Gasteiger partial charge is 0.315 e. The molecule has 0 radical (unpaired) electrons. The Kier molecular flexibility index (Phi) is 2.90. The third-order valence-corrected chi connectivity index (χ3v) is 4.08. The Morgan fingerprint density at radius 3 is 2.62 bits per heavy atom. The number of amides is 3. The lowest BCUT2D eigenvalue weighted by Gasteiger charge is -2.11. The first kappa shape index (κ1) is 11.4. The number of hydrogen-bond donors (Lipinski definition) is 0. The van der Waals surface area contributed by atoms with Crippen molar-refractivity contribution in [2.75, 3.05) is 18.2 Å². The molecule has 1 saturated heterocycles. The lowest BCUT2D eigenvalue weighted by molar-refractivity contribution is -0.119. The fraction of sp³-hybridized carbons (Fsp3) is 0.444. The first-order chi connectivity index (χ1) is 7.56. The summed E-state index contributed by atoms with van der Waals surface area (Å²) in [6.07, 6.45) is 1.90. The minimum Gasteiger partial charge on any atom is -0.315 e. The van der Waals surface area contributed by atoms with Crippen molar-refractivity contribution in [1.29, 1.82) is 0 Å². The number of hydrogen-bond acceptors (Lipinski definition) is 5. The quantitative estimate of drug-likeness (QED) is 0.597. The molecular formula is C9H11N3O2S2. The van der Waals surface area contributed by atoms with Crippen LogP contribution in [0.3, 0.4) is 0 Å². The summed E-state index contributed by atoms with van der Waals surface area (Å²) in [5.41, 5.74) is 0. The fourth-order valence-corrected chi connectivity index (χ4v) is 2.79. The van der Waals surface area contributed by atoms with Crippen LogP contribution < -0.4 is 4.90 Å². The van der Waals surface area contributed by atoms with E-state index in [0.717, 1.165) is 5.03 Å². The number of nitrogens with zero attached hydrogens (tertiary/aromatic N) is 3. The van der Waals surface area contributed by atoms with Crippen LogP contribution >= 0.6 is 23.3 Å². The van der Waals surface area contributed by atoms with E-state index in [9.17, 15) is 9.59 Å². The maximum absolute atomic E-state index is 11.9. The van der Waals surface area contributed by atoms with Gasteiger partial charge in [-0.2, -0.15) is 4.37 Å². The van der Waals surface area contributed by atoms with E-state index in [1.807, 2.05) is 6.26 Å². The number of urea groups is 1. The molecule has 0 aliphatic carbocycles. The highest BCUT2D eigenvalue weighted by Crippen LogP contribution is 2.30. The number of anilines is 1. The Morgan fingerprint density at radius 2 is 2.19 bits per heavy atom. The Balaban J connectivity index is 2.34. The van der Waals surface area contributed by atoms with Crippen LogP contribution in [0.1, 0.15) is 6.92 Å². The molecule has 1 aliphatic heterocycles. The number of carbonyl (C=O) groups excluding carboxylic acids is 2. The molecule has 1 unspecified atom stereocenters.